The van der Waals surface area contributed by atoms with Crippen LogP contribution < -0.4 is 4.74 Å². The summed E-state index contributed by atoms with van der Waals surface area (Å²) in [4.78, 5) is 13.9. The van der Waals surface area contributed by atoms with Gasteiger partial charge in [-0.15, -0.1) is 0 Å². The number of hydrogen-bond donors (Lipinski definition) is 0. The maximum atomic E-state index is 12.0. The smallest absolute Gasteiger partial charge is 0.222 e. The van der Waals surface area contributed by atoms with E-state index < -0.39 is 0 Å². The highest BCUT2D eigenvalue weighted by Gasteiger charge is 2.15. The van der Waals surface area contributed by atoms with E-state index in [-0.39, 0.29) is 5.91 Å². The number of amides is 1. The summed E-state index contributed by atoms with van der Waals surface area (Å²) in [7, 11) is 0. The van der Waals surface area contributed by atoms with E-state index in [1.165, 1.54) is 6.42 Å². The molecule has 0 unspecified atom stereocenters. The van der Waals surface area contributed by atoms with E-state index in [2.05, 4.69) is 0 Å². The second-order valence-corrected chi connectivity index (χ2v) is 5.71. The first-order chi connectivity index (χ1) is 9.66. The number of likely N-dealkylation sites (tertiary alicyclic amines) is 1. The first kappa shape index (κ1) is 15.2. The molecule has 0 spiro atoms. The summed E-state index contributed by atoms with van der Waals surface area (Å²) in [5.74, 6) is 1.08. The zero-order valence-electron chi connectivity index (χ0n) is 12.0. The van der Waals surface area contributed by atoms with Crippen molar-refractivity contribution in [1.29, 1.82) is 0 Å². The third kappa shape index (κ3) is 4.41. The van der Waals surface area contributed by atoms with Gasteiger partial charge >= 0.3 is 0 Å². The van der Waals surface area contributed by atoms with Gasteiger partial charge in [0.25, 0.3) is 0 Å². The van der Waals surface area contributed by atoms with Crippen LogP contribution >= 0.6 is 11.6 Å². The molecule has 1 saturated heterocycles. The normalized spacial score (nSPS) is 15.2. The molecule has 1 aromatic rings. The highest BCUT2D eigenvalue weighted by atomic mass is 35.5. The molecular formula is C16H22ClNO2. The molecule has 0 radical (unpaired) electrons. The minimum absolute atomic E-state index is 0.264. The van der Waals surface area contributed by atoms with Crippen LogP contribution in [0.15, 0.2) is 18.2 Å². The summed E-state index contributed by atoms with van der Waals surface area (Å²) in [5, 5.41) is 0.748. The minimum Gasteiger partial charge on any atom is -0.494 e. The number of ether oxygens (including phenoxy) is 1. The van der Waals surface area contributed by atoms with E-state index in [4.69, 9.17) is 16.3 Å². The molecule has 1 aromatic carbocycles. The number of carbonyl (C=O) groups is 1. The topological polar surface area (TPSA) is 29.5 Å². The summed E-state index contributed by atoms with van der Waals surface area (Å²) < 4.78 is 5.65. The average molecular weight is 296 g/mol. The lowest BCUT2D eigenvalue weighted by Crippen LogP contribution is -2.35. The first-order valence-electron chi connectivity index (χ1n) is 7.33. The van der Waals surface area contributed by atoms with Gasteiger partial charge in [-0.05, 0) is 56.4 Å². The Bertz CT molecular complexity index is 456. The molecule has 0 bridgehead atoms. The van der Waals surface area contributed by atoms with Gasteiger partial charge < -0.3 is 9.64 Å². The van der Waals surface area contributed by atoms with Gasteiger partial charge in [0.1, 0.15) is 5.75 Å². The number of nitrogens with zero attached hydrogens (tertiary/aromatic N) is 1. The Morgan fingerprint density at radius 2 is 2.05 bits per heavy atom. The summed E-state index contributed by atoms with van der Waals surface area (Å²) in [6, 6.07) is 5.63. The fourth-order valence-electron chi connectivity index (χ4n) is 2.42. The molecule has 4 heteroatoms. The largest absolute Gasteiger partial charge is 0.494 e. The van der Waals surface area contributed by atoms with Crippen molar-refractivity contribution >= 4 is 17.5 Å². The highest BCUT2D eigenvalue weighted by Crippen LogP contribution is 2.21. The van der Waals surface area contributed by atoms with E-state index in [1.54, 1.807) is 0 Å². The monoisotopic (exact) mass is 295 g/mol. The van der Waals surface area contributed by atoms with Crippen LogP contribution in [0.2, 0.25) is 5.02 Å². The standard InChI is InChI=1S/C16H22ClNO2/c1-13-12-14(7-8-15(13)17)20-11-5-6-16(19)18-9-3-2-4-10-18/h7-8,12H,2-6,9-11H2,1H3. The maximum Gasteiger partial charge on any atom is 0.222 e. The van der Waals surface area contributed by atoms with Crippen LogP contribution in [0.5, 0.6) is 5.75 Å². The number of halogens is 1. The van der Waals surface area contributed by atoms with Crippen molar-refractivity contribution in [3.05, 3.63) is 28.8 Å². The molecule has 0 aromatic heterocycles. The molecule has 1 aliphatic rings. The number of carbonyl (C=O) groups excluding carboxylic acids is 1. The van der Waals surface area contributed by atoms with Crippen molar-refractivity contribution < 1.29 is 9.53 Å². The van der Waals surface area contributed by atoms with Crippen molar-refractivity contribution in [2.75, 3.05) is 19.7 Å². The number of aryl methyl sites for hydroxylation is 1. The molecule has 20 heavy (non-hydrogen) atoms. The Balaban J connectivity index is 1.68. The molecule has 0 atom stereocenters. The quantitative estimate of drug-likeness (QED) is 0.773. The van der Waals surface area contributed by atoms with Crippen LogP contribution in [0.3, 0.4) is 0 Å². The number of piperidine rings is 1. The lowest BCUT2D eigenvalue weighted by atomic mass is 10.1. The van der Waals surface area contributed by atoms with Crippen LogP contribution in [0.1, 0.15) is 37.7 Å². The second kappa shape index (κ2) is 7.53. The van der Waals surface area contributed by atoms with Crippen molar-refractivity contribution in [3.63, 3.8) is 0 Å². The fraction of sp³-hybridized carbons (Fsp3) is 0.562. The number of benzene rings is 1. The van der Waals surface area contributed by atoms with E-state index in [0.29, 0.717) is 13.0 Å². The van der Waals surface area contributed by atoms with Crippen LogP contribution in [-0.2, 0) is 4.79 Å². The van der Waals surface area contributed by atoms with Gasteiger partial charge in [-0.3, -0.25) is 4.79 Å². The third-order valence-corrected chi connectivity index (χ3v) is 4.07. The lowest BCUT2D eigenvalue weighted by Gasteiger charge is -2.26. The Morgan fingerprint density at radius 3 is 2.75 bits per heavy atom. The average Bonchev–Trinajstić information content (AvgIpc) is 2.48. The van der Waals surface area contributed by atoms with Crippen molar-refractivity contribution in [2.45, 2.75) is 39.0 Å². The molecule has 1 amide bonds. The van der Waals surface area contributed by atoms with Crippen LogP contribution in [0, 0.1) is 6.92 Å². The van der Waals surface area contributed by atoms with Crippen LogP contribution in [0.4, 0.5) is 0 Å². The van der Waals surface area contributed by atoms with E-state index in [0.717, 1.165) is 48.7 Å². The fourth-order valence-corrected chi connectivity index (χ4v) is 2.54. The van der Waals surface area contributed by atoms with Gasteiger partial charge in [-0.25, -0.2) is 0 Å². The van der Waals surface area contributed by atoms with Gasteiger partial charge in [0, 0.05) is 24.5 Å². The van der Waals surface area contributed by atoms with Gasteiger partial charge in [-0.2, -0.15) is 0 Å². The molecule has 1 fully saturated rings. The third-order valence-electron chi connectivity index (χ3n) is 3.64. The maximum absolute atomic E-state index is 12.0. The van der Waals surface area contributed by atoms with E-state index in [1.807, 2.05) is 30.0 Å². The van der Waals surface area contributed by atoms with E-state index in [9.17, 15) is 4.79 Å². The molecule has 1 aliphatic heterocycles. The Morgan fingerprint density at radius 1 is 1.30 bits per heavy atom. The van der Waals surface area contributed by atoms with E-state index >= 15 is 0 Å². The highest BCUT2D eigenvalue weighted by molar-refractivity contribution is 6.31. The van der Waals surface area contributed by atoms with Gasteiger partial charge in [0.2, 0.25) is 5.91 Å². The number of rotatable bonds is 5. The molecule has 1 heterocycles. The van der Waals surface area contributed by atoms with Crippen LogP contribution in [-0.4, -0.2) is 30.5 Å². The van der Waals surface area contributed by atoms with Crippen molar-refractivity contribution in [2.24, 2.45) is 0 Å². The first-order valence-corrected chi connectivity index (χ1v) is 7.71. The SMILES string of the molecule is Cc1cc(OCCCC(=O)N2CCCCC2)ccc1Cl. The summed E-state index contributed by atoms with van der Waals surface area (Å²) in [6.07, 6.45) is 4.88. The zero-order chi connectivity index (χ0) is 14.4. The Hall–Kier alpha value is -1.22. The van der Waals surface area contributed by atoms with Crippen molar-refractivity contribution in [1.82, 2.24) is 4.90 Å². The Kier molecular flexibility index (Phi) is 5.72. The van der Waals surface area contributed by atoms with Gasteiger partial charge in [-0.1, -0.05) is 11.6 Å². The minimum atomic E-state index is 0.264. The summed E-state index contributed by atoms with van der Waals surface area (Å²) >= 11 is 5.96. The number of hydrogen-bond acceptors (Lipinski definition) is 2. The molecular weight excluding hydrogens is 274 g/mol. The predicted octanol–water partition coefficient (Wildman–Crippen LogP) is 3.82. The molecule has 0 aliphatic carbocycles. The summed E-state index contributed by atoms with van der Waals surface area (Å²) in [6.45, 7) is 4.38. The van der Waals surface area contributed by atoms with Gasteiger partial charge in [0.05, 0.1) is 6.61 Å². The van der Waals surface area contributed by atoms with Crippen LogP contribution in [0.25, 0.3) is 0 Å². The Labute approximate surface area is 125 Å². The molecule has 0 N–H and O–H groups in total. The van der Waals surface area contributed by atoms with Gasteiger partial charge in [0.15, 0.2) is 0 Å². The molecule has 0 saturated carbocycles. The van der Waals surface area contributed by atoms with Crippen molar-refractivity contribution in [3.8, 4) is 5.75 Å². The zero-order valence-corrected chi connectivity index (χ0v) is 12.8. The summed E-state index contributed by atoms with van der Waals surface area (Å²) in [5.41, 5.74) is 1.01. The molecule has 3 nitrogen and oxygen atoms in total. The molecule has 110 valence electrons. The lowest BCUT2D eigenvalue weighted by molar-refractivity contribution is -0.132. The second-order valence-electron chi connectivity index (χ2n) is 5.30. The predicted molar refractivity (Wildman–Crippen MR) is 81.3 cm³/mol. The molecule has 2 rings (SSSR count).